The number of benzene rings is 1. The minimum atomic E-state index is -3.91. The molecule has 2 heterocycles. The van der Waals surface area contributed by atoms with Gasteiger partial charge in [0, 0.05) is 25.9 Å². The highest BCUT2D eigenvalue weighted by Crippen LogP contribution is 2.34. The highest BCUT2D eigenvalue weighted by Gasteiger charge is 2.39. The Bertz CT molecular complexity index is 768. The second-order valence-electron chi connectivity index (χ2n) is 6.71. The fourth-order valence-electron chi connectivity index (χ4n) is 3.55. The Morgan fingerprint density at radius 2 is 2.04 bits per heavy atom. The number of hydrogen-bond donors (Lipinski definition) is 2. The van der Waals surface area contributed by atoms with Crippen LogP contribution in [-0.4, -0.2) is 52.9 Å². The fourth-order valence-corrected chi connectivity index (χ4v) is 4.09. The highest BCUT2D eigenvalue weighted by atomic mass is 32.2. The van der Waals surface area contributed by atoms with Crippen molar-refractivity contribution in [3.05, 3.63) is 23.8 Å². The van der Waals surface area contributed by atoms with Gasteiger partial charge in [0.05, 0.1) is 23.2 Å². The summed E-state index contributed by atoms with van der Waals surface area (Å²) in [6, 6.07) is 3.93. The van der Waals surface area contributed by atoms with E-state index in [2.05, 4.69) is 5.32 Å². The van der Waals surface area contributed by atoms with Gasteiger partial charge in [-0.15, -0.1) is 0 Å². The van der Waals surface area contributed by atoms with Crippen LogP contribution in [0.2, 0.25) is 0 Å². The van der Waals surface area contributed by atoms with Crippen molar-refractivity contribution in [1.82, 2.24) is 5.32 Å². The first-order valence-corrected chi connectivity index (χ1v) is 10.1. The third kappa shape index (κ3) is 4.17. The van der Waals surface area contributed by atoms with E-state index in [9.17, 15) is 13.2 Å². The lowest BCUT2D eigenvalue weighted by atomic mass is 9.84. The van der Waals surface area contributed by atoms with E-state index in [-0.39, 0.29) is 28.0 Å². The lowest BCUT2D eigenvalue weighted by molar-refractivity contribution is -0.139. The van der Waals surface area contributed by atoms with Gasteiger partial charge in [-0.2, -0.15) is 0 Å². The Morgan fingerprint density at radius 3 is 2.69 bits per heavy atom. The zero-order chi connectivity index (χ0) is 18.8. The normalized spacial score (nSPS) is 22.8. The number of sulfonamides is 1. The van der Waals surface area contributed by atoms with Gasteiger partial charge in [0.2, 0.25) is 10.0 Å². The first-order chi connectivity index (χ1) is 12.3. The second kappa shape index (κ2) is 7.51. The average molecular weight is 384 g/mol. The lowest BCUT2D eigenvalue weighted by Gasteiger charge is -2.43. The summed E-state index contributed by atoms with van der Waals surface area (Å²) in [4.78, 5) is 12.6. The lowest BCUT2D eigenvalue weighted by Crippen LogP contribution is -2.51. The van der Waals surface area contributed by atoms with Gasteiger partial charge >= 0.3 is 0 Å². The number of carbonyl (C=O) groups excluding carboxylic acids is 1. The summed E-state index contributed by atoms with van der Waals surface area (Å²) in [5.74, 6) is -0.0933. The molecule has 3 rings (SSSR count). The predicted molar refractivity (Wildman–Crippen MR) is 93.6 cm³/mol. The second-order valence-corrected chi connectivity index (χ2v) is 8.28. The molecule has 1 aromatic rings. The fraction of sp³-hybridized carbons (Fsp3) is 0.588. The Morgan fingerprint density at radius 1 is 1.31 bits per heavy atom. The third-order valence-electron chi connectivity index (χ3n) is 4.98. The molecule has 0 unspecified atom stereocenters. The van der Waals surface area contributed by atoms with Crippen LogP contribution in [0, 0.1) is 0 Å². The molecule has 1 amide bonds. The van der Waals surface area contributed by atoms with Crippen LogP contribution in [0.3, 0.4) is 0 Å². The molecule has 3 N–H and O–H groups in total. The van der Waals surface area contributed by atoms with Crippen molar-refractivity contribution in [2.24, 2.45) is 5.14 Å². The minimum absolute atomic E-state index is 0.0582. The molecule has 0 bridgehead atoms. The van der Waals surface area contributed by atoms with Gasteiger partial charge in [0.1, 0.15) is 5.75 Å². The Hall–Kier alpha value is -1.68. The van der Waals surface area contributed by atoms with Crippen molar-refractivity contribution < 1.29 is 27.4 Å². The summed E-state index contributed by atoms with van der Waals surface area (Å²) in [6.07, 6.45) is 3.03. The van der Waals surface area contributed by atoms with Gasteiger partial charge in [-0.3, -0.25) is 4.79 Å². The number of rotatable bonds is 4. The molecule has 2 saturated heterocycles. The number of carbonyl (C=O) groups is 1. The maximum Gasteiger partial charge on any atom is 0.255 e. The molecule has 0 saturated carbocycles. The summed E-state index contributed by atoms with van der Waals surface area (Å²) in [5, 5.41) is 8.15. The van der Waals surface area contributed by atoms with E-state index in [1.54, 1.807) is 0 Å². The van der Waals surface area contributed by atoms with Crippen molar-refractivity contribution in [2.45, 2.75) is 42.2 Å². The molecular weight excluding hydrogens is 360 g/mol. The van der Waals surface area contributed by atoms with Crippen molar-refractivity contribution >= 4 is 15.9 Å². The standard InChI is InChI=1S/C17H24N2O6S/c1-23-15-3-2-13(26(18,21)22)10-14(15)16(20)19-12-4-7-25-17(11-12)5-8-24-9-6-17/h2-3,10,12H,4-9,11H2,1H3,(H,19,20)(H2,18,21,22)/t12-/m0/s1. The van der Waals surface area contributed by atoms with Gasteiger partial charge < -0.3 is 19.5 Å². The molecule has 0 radical (unpaired) electrons. The maximum absolute atomic E-state index is 12.8. The molecule has 144 valence electrons. The van der Waals surface area contributed by atoms with E-state index in [1.165, 1.54) is 25.3 Å². The number of hydrogen-bond acceptors (Lipinski definition) is 6. The third-order valence-corrected chi connectivity index (χ3v) is 5.89. The molecule has 2 aliphatic rings. The van der Waals surface area contributed by atoms with Crippen LogP contribution < -0.4 is 15.2 Å². The van der Waals surface area contributed by atoms with Crippen molar-refractivity contribution in [3.8, 4) is 5.75 Å². The maximum atomic E-state index is 12.8. The molecule has 2 aliphatic heterocycles. The first kappa shape index (κ1) is 19.1. The van der Waals surface area contributed by atoms with Crippen LogP contribution in [0.1, 0.15) is 36.0 Å². The molecule has 0 aromatic heterocycles. The minimum Gasteiger partial charge on any atom is -0.496 e. The van der Waals surface area contributed by atoms with Crippen molar-refractivity contribution in [2.75, 3.05) is 26.9 Å². The molecular formula is C17H24N2O6S. The quantitative estimate of drug-likeness (QED) is 0.793. The van der Waals surface area contributed by atoms with Crippen LogP contribution in [0.15, 0.2) is 23.1 Å². The largest absolute Gasteiger partial charge is 0.496 e. The van der Waals surface area contributed by atoms with Crippen molar-refractivity contribution in [3.63, 3.8) is 0 Å². The van der Waals surface area contributed by atoms with Gasteiger partial charge in [0.15, 0.2) is 0 Å². The highest BCUT2D eigenvalue weighted by molar-refractivity contribution is 7.89. The summed E-state index contributed by atoms with van der Waals surface area (Å²) in [5.41, 5.74) is -0.104. The van der Waals surface area contributed by atoms with Crippen LogP contribution in [0.4, 0.5) is 0 Å². The van der Waals surface area contributed by atoms with E-state index >= 15 is 0 Å². The smallest absolute Gasteiger partial charge is 0.255 e. The van der Waals surface area contributed by atoms with Crippen LogP contribution in [0.5, 0.6) is 5.75 Å². The molecule has 1 spiro atoms. The van der Waals surface area contributed by atoms with E-state index in [0.717, 1.165) is 12.8 Å². The Labute approximate surface area is 153 Å². The van der Waals surface area contributed by atoms with E-state index in [0.29, 0.717) is 38.4 Å². The van der Waals surface area contributed by atoms with E-state index in [4.69, 9.17) is 19.3 Å². The average Bonchev–Trinajstić information content (AvgIpc) is 2.61. The number of nitrogens with one attached hydrogen (secondary N) is 1. The molecule has 0 aliphatic carbocycles. The zero-order valence-corrected chi connectivity index (χ0v) is 15.5. The monoisotopic (exact) mass is 384 g/mol. The van der Waals surface area contributed by atoms with Gasteiger partial charge in [0.25, 0.3) is 5.91 Å². The molecule has 1 aromatic carbocycles. The Kier molecular flexibility index (Phi) is 5.52. The topological polar surface area (TPSA) is 117 Å². The van der Waals surface area contributed by atoms with Crippen LogP contribution in [-0.2, 0) is 19.5 Å². The number of amides is 1. The molecule has 26 heavy (non-hydrogen) atoms. The summed E-state index contributed by atoms with van der Waals surface area (Å²) >= 11 is 0. The van der Waals surface area contributed by atoms with Crippen molar-refractivity contribution in [1.29, 1.82) is 0 Å². The van der Waals surface area contributed by atoms with Crippen LogP contribution in [0.25, 0.3) is 0 Å². The van der Waals surface area contributed by atoms with Gasteiger partial charge in [-0.05, 0) is 43.9 Å². The summed E-state index contributed by atoms with van der Waals surface area (Å²) in [7, 11) is -2.48. The molecule has 9 heteroatoms. The van der Waals surface area contributed by atoms with E-state index in [1.807, 2.05) is 0 Å². The number of methoxy groups -OCH3 is 1. The van der Waals surface area contributed by atoms with Crippen LogP contribution >= 0.6 is 0 Å². The zero-order valence-electron chi connectivity index (χ0n) is 14.7. The van der Waals surface area contributed by atoms with E-state index < -0.39 is 10.0 Å². The SMILES string of the molecule is COc1ccc(S(N)(=O)=O)cc1C(=O)N[C@H]1CCOC2(CCOCC2)C1. The number of nitrogens with two attached hydrogens (primary N) is 1. The number of ether oxygens (including phenoxy) is 3. The predicted octanol–water partition coefficient (Wildman–Crippen LogP) is 0.801. The Balaban J connectivity index is 1.77. The molecule has 2 fully saturated rings. The molecule has 1 atom stereocenters. The molecule has 8 nitrogen and oxygen atoms in total. The number of primary sulfonamides is 1. The van der Waals surface area contributed by atoms with Gasteiger partial charge in [-0.1, -0.05) is 0 Å². The summed E-state index contributed by atoms with van der Waals surface area (Å²) < 4.78 is 39.7. The first-order valence-electron chi connectivity index (χ1n) is 8.56. The summed E-state index contributed by atoms with van der Waals surface area (Å²) in [6.45, 7) is 1.88. The van der Waals surface area contributed by atoms with Gasteiger partial charge in [-0.25, -0.2) is 13.6 Å².